The van der Waals surface area contributed by atoms with Gasteiger partial charge in [0.2, 0.25) is 10.0 Å². The van der Waals surface area contributed by atoms with E-state index in [1.807, 2.05) is 36.1 Å². The summed E-state index contributed by atoms with van der Waals surface area (Å²) in [6.07, 6.45) is 2.22. The molecule has 1 aliphatic rings. The highest BCUT2D eigenvalue weighted by Gasteiger charge is 2.35. The van der Waals surface area contributed by atoms with E-state index in [9.17, 15) is 13.2 Å². The van der Waals surface area contributed by atoms with Crippen molar-refractivity contribution in [2.75, 3.05) is 21.2 Å². The molecule has 1 atom stereocenters. The van der Waals surface area contributed by atoms with Crippen molar-refractivity contribution in [3.63, 3.8) is 0 Å². The van der Waals surface area contributed by atoms with Crippen molar-refractivity contribution >= 4 is 15.9 Å². The van der Waals surface area contributed by atoms with Crippen LogP contribution in [0.2, 0.25) is 0 Å². The molecule has 3 rings (SSSR count). The second-order valence-electron chi connectivity index (χ2n) is 8.56. The maximum atomic E-state index is 13.7. The second-order valence-corrected chi connectivity index (χ2v) is 10.7. The molecule has 2 aromatic rings. The van der Waals surface area contributed by atoms with Crippen LogP contribution in [0.1, 0.15) is 46.8 Å². The van der Waals surface area contributed by atoms with E-state index in [-0.39, 0.29) is 16.8 Å². The van der Waals surface area contributed by atoms with E-state index in [1.165, 1.54) is 24.5 Å². The zero-order valence-electron chi connectivity index (χ0n) is 19.2. The molecule has 1 aliphatic carbocycles. The van der Waals surface area contributed by atoms with Gasteiger partial charge in [-0.1, -0.05) is 12.1 Å². The normalized spacial score (nSPS) is 15.1. The van der Waals surface area contributed by atoms with Gasteiger partial charge in [0, 0.05) is 32.2 Å². The summed E-state index contributed by atoms with van der Waals surface area (Å²) in [6, 6.07) is 11.1. The third-order valence-corrected chi connectivity index (χ3v) is 8.14. The molecule has 0 N–H and O–H groups in total. The molecule has 0 bridgehead atoms. The number of hydrogen-bond acceptors (Lipinski definition) is 4. The molecule has 1 fully saturated rings. The SMILES string of the molecule is COc1ccc(CN(C(=O)c2cc(C)c(C)c(S(=O)(=O)N(C)C)c2)C(C)C2CC2)cc1. The van der Waals surface area contributed by atoms with E-state index in [0.29, 0.717) is 23.6 Å². The number of methoxy groups -OCH3 is 1. The van der Waals surface area contributed by atoms with E-state index in [1.54, 1.807) is 20.1 Å². The zero-order chi connectivity index (χ0) is 22.9. The molecule has 2 aromatic carbocycles. The standard InChI is InChI=1S/C24H32N2O4S/c1-16-13-21(14-23(17(16)2)31(28,29)25(4)5)24(27)26(18(3)20-9-10-20)15-19-7-11-22(30-6)12-8-19/h7-8,11-14,18,20H,9-10,15H2,1-6H3. The van der Waals surface area contributed by atoms with Gasteiger partial charge in [-0.15, -0.1) is 0 Å². The topological polar surface area (TPSA) is 66.9 Å². The summed E-state index contributed by atoms with van der Waals surface area (Å²) in [5.41, 5.74) is 2.87. The maximum Gasteiger partial charge on any atom is 0.254 e. The number of hydrogen-bond donors (Lipinski definition) is 0. The number of sulfonamides is 1. The molecule has 0 saturated heterocycles. The Morgan fingerprint density at radius 1 is 1.13 bits per heavy atom. The number of carbonyl (C=O) groups is 1. The molecule has 0 aliphatic heterocycles. The first-order valence-corrected chi connectivity index (χ1v) is 12.0. The van der Waals surface area contributed by atoms with E-state index >= 15 is 0 Å². The molecule has 31 heavy (non-hydrogen) atoms. The lowest BCUT2D eigenvalue weighted by molar-refractivity contribution is 0.0654. The quantitative estimate of drug-likeness (QED) is 0.617. The Hall–Kier alpha value is -2.38. The van der Waals surface area contributed by atoms with Crippen LogP contribution in [0.25, 0.3) is 0 Å². The fourth-order valence-corrected chi connectivity index (χ4v) is 4.96. The zero-order valence-corrected chi connectivity index (χ0v) is 20.0. The molecule has 6 nitrogen and oxygen atoms in total. The number of benzene rings is 2. The van der Waals surface area contributed by atoms with E-state index in [0.717, 1.165) is 29.7 Å². The molecule has 0 heterocycles. The van der Waals surface area contributed by atoms with Gasteiger partial charge in [-0.2, -0.15) is 0 Å². The van der Waals surface area contributed by atoms with Crippen LogP contribution >= 0.6 is 0 Å². The van der Waals surface area contributed by atoms with Gasteiger partial charge < -0.3 is 9.64 Å². The second kappa shape index (κ2) is 9.01. The molecular formula is C24H32N2O4S. The Morgan fingerprint density at radius 2 is 1.74 bits per heavy atom. The Bertz CT molecular complexity index is 1060. The van der Waals surface area contributed by atoms with Gasteiger partial charge >= 0.3 is 0 Å². The van der Waals surface area contributed by atoms with Crippen molar-refractivity contribution in [3.05, 3.63) is 58.7 Å². The van der Waals surface area contributed by atoms with E-state index in [2.05, 4.69) is 6.92 Å². The van der Waals surface area contributed by atoms with Gasteiger partial charge in [0.1, 0.15) is 5.75 Å². The predicted molar refractivity (Wildman–Crippen MR) is 122 cm³/mol. The van der Waals surface area contributed by atoms with Crippen LogP contribution in [0.5, 0.6) is 5.75 Å². The minimum absolute atomic E-state index is 0.0742. The molecule has 1 saturated carbocycles. The minimum atomic E-state index is -3.65. The fourth-order valence-electron chi connectivity index (χ4n) is 3.74. The number of ether oxygens (including phenoxy) is 1. The molecule has 168 valence electrons. The van der Waals surface area contributed by atoms with Crippen molar-refractivity contribution in [2.24, 2.45) is 5.92 Å². The number of nitrogens with zero attached hydrogens (tertiary/aromatic N) is 2. The first-order chi connectivity index (χ1) is 14.6. The molecule has 0 radical (unpaired) electrons. The lowest BCUT2D eigenvalue weighted by Gasteiger charge is -2.30. The van der Waals surface area contributed by atoms with Gasteiger partial charge in [0.15, 0.2) is 0 Å². The predicted octanol–water partition coefficient (Wildman–Crippen LogP) is 4.00. The van der Waals surface area contributed by atoms with Gasteiger partial charge in [-0.25, -0.2) is 12.7 Å². The largest absolute Gasteiger partial charge is 0.497 e. The van der Waals surface area contributed by atoms with Crippen LogP contribution in [-0.2, 0) is 16.6 Å². The van der Waals surface area contributed by atoms with Crippen molar-refractivity contribution < 1.29 is 17.9 Å². The van der Waals surface area contributed by atoms with Crippen molar-refractivity contribution in [2.45, 2.75) is 51.1 Å². The highest BCUT2D eigenvalue weighted by Crippen LogP contribution is 2.36. The number of rotatable bonds is 8. The summed E-state index contributed by atoms with van der Waals surface area (Å²) in [5, 5.41) is 0. The smallest absolute Gasteiger partial charge is 0.254 e. The van der Waals surface area contributed by atoms with Crippen LogP contribution in [0.4, 0.5) is 0 Å². The first-order valence-electron chi connectivity index (χ1n) is 10.5. The van der Waals surface area contributed by atoms with Crippen molar-refractivity contribution in [1.29, 1.82) is 0 Å². The van der Waals surface area contributed by atoms with Gasteiger partial charge in [-0.3, -0.25) is 4.79 Å². The van der Waals surface area contributed by atoms with Gasteiger partial charge in [0.25, 0.3) is 5.91 Å². The molecule has 1 unspecified atom stereocenters. The minimum Gasteiger partial charge on any atom is -0.497 e. The number of amides is 1. The Balaban J connectivity index is 2.00. The highest BCUT2D eigenvalue weighted by molar-refractivity contribution is 7.89. The van der Waals surface area contributed by atoms with Crippen LogP contribution in [0, 0.1) is 19.8 Å². The summed E-state index contributed by atoms with van der Waals surface area (Å²) in [7, 11) is 0.978. The van der Waals surface area contributed by atoms with Crippen LogP contribution in [0.3, 0.4) is 0 Å². The van der Waals surface area contributed by atoms with Gasteiger partial charge in [0.05, 0.1) is 12.0 Å². The van der Waals surface area contributed by atoms with E-state index in [4.69, 9.17) is 4.74 Å². The molecule has 0 spiro atoms. The van der Waals surface area contributed by atoms with Crippen LogP contribution < -0.4 is 4.74 Å². The average molecular weight is 445 g/mol. The third-order valence-electron chi connectivity index (χ3n) is 6.19. The van der Waals surface area contributed by atoms with Crippen molar-refractivity contribution in [3.8, 4) is 5.75 Å². The van der Waals surface area contributed by atoms with E-state index < -0.39 is 10.0 Å². The molecule has 1 amide bonds. The summed E-state index contributed by atoms with van der Waals surface area (Å²) in [5.74, 6) is 1.11. The van der Waals surface area contributed by atoms with Crippen LogP contribution in [-0.4, -0.2) is 50.8 Å². The highest BCUT2D eigenvalue weighted by atomic mass is 32.2. The summed E-state index contributed by atoms with van der Waals surface area (Å²) < 4.78 is 32.1. The fraction of sp³-hybridized carbons (Fsp3) is 0.458. The summed E-state index contributed by atoms with van der Waals surface area (Å²) >= 11 is 0. The first kappa shape index (κ1) is 23.3. The summed E-state index contributed by atoms with van der Waals surface area (Å²) in [4.78, 5) is 15.7. The number of aryl methyl sites for hydroxylation is 1. The Labute approximate surface area is 185 Å². The Morgan fingerprint density at radius 3 is 2.26 bits per heavy atom. The third kappa shape index (κ3) is 4.93. The van der Waals surface area contributed by atoms with Gasteiger partial charge in [-0.05, 0) is 80.5 Å². The lowest BCUT2D eigenvalue weighted by Crippen LogP contribution is -2.39. The summed E-state index contributed by atoms with van der Waals surface area (Å²) in [6.45, 7) is 6.17. The molecule has 7 heteroatoms. The Kier molecular flexibility index (Phi) is 6.76. The maximum absolute atomic E-state index is 13.7. The van der Waals surface area contributed by atoms with Crippen molar-refractivity contribution in [1.82, 2.24) is 9.21 Å². The molecular weight excluding hydrogens is 412 g/mol. The van der Waals surface area contributed by atoms with Crippen LogP contribution in [0.15, 0.2) is 41.3 Å². The number of carbonyl (C=O) groups excluding carboxylic acids is 1. The molecule has 0 aromatic heterocycles. The monoisotopic (exact) mass is 444 g/mol. The lowest BCUT2D eigenvalue weighted by atomic mass is 10.0. The average Bonchev–Trinajstić information content (AvgIpc) is 3.58.